The molecule has 1 amide bonds. The van der Waals surface area contributed by atoms with Crippen LogP contribution in [0, 0.1) is 11.8 Å². The van der Waals surface area contributed by atoms with Crippen LogP contribution in [0.2, 0.25) is 0 Å². The fourth-order valence-corrected chi connectivity index (χ4v) is 5.85. The number of aromatic nitrogens is 2. The van der Waals surface area contributed by atoms with E-state index in [0.717, 1.165) is 26.1 Å². The Morgan fingerprint density at radius 3 is 2.83 bits per heavy atom. The van der Waals surface area contributed by atoms with E-state index >= 15 is 0 Å². The van der Waals surface area contributed by atoms with Crippen LogP contribution in [-0.2, 0) is 6.42 Å². The van der Waals surface area contributed by atoms with Crippen LogP contribution in [0.25, 0.3) is 0 Å². The van der Waals surface area contributed by atoms with Gasteiger partial charge in [-0.3, -0.25) is 14.5 Å². The second kappa shape index (κ2) is 7.75. The third-order valence-corrected chi connectivity index (χ3v) is 7.07. The molecule has 3 aliphatic rings. The molecule has 3 saturated heterocycles. The summed E-state index contributed by atoms with van der Waals surface area (Å²) in [5, 5.41) is 0. The average Bonchev–Trinajstić information content (AvgIpc) is 2.75. The first-order chi connectivity index (χ1) is 14.2. The predicted octanol–water partition coefficient (Wildman–Crippen LogP) is 2.33. The van der Waals surface area contributed by atoms with Crippen LogP contribution >= 0.6 is 0 Å². The number of piperidine rings is 3. The summed E-state index contributed by atoms with van der Waals surface area (Å²) in [7, 11) is 0. The van der Waals surface area contributed by atoms with Gasteiger partial charge in [0.2, 0.25) is 0 Å². The van der Waals surface area contributed by atoms with Crippen molar-refractivity contribution in [3.05, 3.63) is 64.3 Å². The van der Waals surface area contributed by atoms with Crippen molar-refractivity contribution in [2.75, 3.05) is 19.6 Å². The minimum atomic E-state index is -0.344. The van der Waals surface area contributed by atoms with Gasteiger partial charge in [-0.15, -0.1) is 0 Å². The summed E-state index contributed by atoms with van der Waals surface area (Å²) in [6.45, 7) is 2.56. The number of fused-ring (bicyclic) bond motifs is 4. The second-order valence-corrected chi connectivity index (χ2v) is 8.90. The molecular formula is C23H28N4O2. The Labute approximate surface area is 170 Å². The van der Waals surface area contributed by atoms with Crippen molar-refractivity contribution in [3.8, 4) is 0 Å². The van der Waals surface area contributed by atoms with Crippen molar-refractivity contribution in [2.24, 2.45) is 11.8 Å². The van der Waals surface area contributed by atoms with Gasteiger partial charge in [-0.1, -0.05) is 36.8 Å². The molecule has 3 aliphatic heterocycles. The highest BCUT2D eigenvalue weighted by atomic mass is 16.2. The fraction of sp³-hybridized carbons (Fsp3) is 0.522. The van der Waals surface area contributed by atoms with E-state index in [1.165, 1.54) is 43.8 Å². The molecule has 152 valence electrons. The maximum Gasteiger partial charge on any atom is 0.263 e. The Kier molecular flexibility index (Phi) is 4.96. The van der Waals surface area contributed by atoms with Crippen LogP contribution in [0.1, 0.15) is 41.6 Å². The molecule has 1 aromatic heterocycles. The van der Waals surface area contributed by atoms with Crippen LogP contribution in [-0.4, -0.2) is 57.4 Å². The largest absolute Gasteiger partial charge is 0.338 e. The van der Waals surface area contributed by atoms with E-state index in [2.05, 4.69) is 45.2 Å². The van der Waals surface area contributed by atoms with Crippen LogP contribution in [0.15, 0.2) is 47.7 Å². The Morgan fingerprint density at radius 1 is 1.14 bits per heavy atom. The first-order valence-corrected chi connectivity index (χ1v) is 10.8. The normalized spacial score (nSPS) is 29.3. The lowest BCUT2D eigenvalue weighted by molar-refractivity contribution is -0.0499. The lowest BCUT2D eigenvalue weighted by Crippen LogP contribution is -2.62. The number of carbonyl (C=O) groups excluding carboxylic acids is 1. The quantitative estimate of drug-likeness (QED) is 0.870. The third kappa shape index (κ3) is 3.62. The standard InChI is InChI=1S/C23H28N4O2/c28-22-20(11-24-15-25-22)23(29)26-12-17-9-18(14-26)21-8-4-7-19(27(21)13-17)10-16-5-2-1-3-6-16/h1-3,5-6,11,15,17-19,21H,4,7-10,12-14H2,(H,24,25,28)/t17-,18+,19+,21-/m0/s1. The Balaban J connectivity index is 1.32. The molecule has 3 fully saturated rings. The minimum Gasteiger partial charge on any atom is -0.338 e. The van der Waals surface area contributed by atoms with E-state index in [0.29, 0.717) is 23.9 Å². The van der Waals surface area contributed by atoms with E-state index < -0.39 is 0 Å². The zero-order valence-corrected chi connectivity index (χ0v) is 16.7. The van der Waals surface area contributed by atoms with E-state index in [9.17, 15) is 9.59 Å². The zero-order chi connectivity index (χ0) is 19.8. The number of hydrogen-bond acceptors (Lipinski definition) is 4. The van der Waals surface area contributed by atoms with Gasteiger partial charge in [0, 0.05) is 37.9 Å². The van der Waals surface area contributed by atoms with E-state index in [1.54, 1.807) is 0 Å². The lowest BCUT2D eigenvalue weighted by Gasteiger charge is -2.55. The molecule has 1 N–H and O–H groups in total. The Hall–Kier alpha value is -2.47. The topological polar surface area (TPSA) is 69.3 Å². The molecule has 0 radical (unpaired) electrons. The number of nitrogens with one attached hydrogen (secondary N) is 1. The predicted molar refractivity (Wildman–Crippen MR) is 111 cm³/mol. The van der Waals surface area contributed by atoms with Crippen molar-refractivity contribution in [1.29, 1.82) is 0 Å². The number of H-pyrrole nitrogens is 1. The molecule has 1 aromatic carbocycles. The van der Waals surface area contributed by atoms with Crippen LogP contribution in [0.4, 0.5) is 0 Å². The highest BCUT2D eigenvalue weighted by Crippen LogP contribution is 2.40. The van der Waals surface area contributed by atoms with Crippen molar-refractivity contribution in [2.45, 2.75) is 44.2 Å². The van der Waals surface area contributed by atoms with Crippen molar-refractivity contribution < 1.29 is 4.79 Å². The minimum absolute atomic E-state index is 0.162. The molecule has 4 heterocycles. The summed E-state index contributed by atoms with van der Waals surface area (Å²) >= 11 is 0. The molecule has 6 nitrogen and oxygen atoms in total. The fourth-order valence-electron chi connectivity index (χ4n) is 5.85. The first kappa shape index (κ1) is 18.6. The highest BCUT2D eigenvalue weighted by molar-refractivity contribution is 5.93. The van der Waals surface area contributed by atoms with Gasteiger partial charge in [0.1, 0.15) is 5.56 Å². The van der Waals surface area contributed by atoms with Gasteiger partial charge in [0.25, 0.3) is 11.5 Å². The van der Waals surface area contributed by atoms with Gasteiger partial charge in [0.05, 0.1) is 6.33 Å². The summed E-state index contributed by atoms with van der Waals surface area (Å²) in [5.41, 5.74) is 1.24. The van der Waals surface area contributed by atoms with Gasteiger partial charge in [-0.25, -0.2) is 4.98 Å². The van der Waals surface area contributed by atoms with Crippen molar-refractivity contribution >= 4 is 5.91 Å². The third-order valence-electron chi connectivity index (χ3n) is 7.07. The summed E-state index contributed by atoms with van der Waals surface area (Å²) < 4.78 is 0. The zero-order valence-electron chi connectivity index (χ0n) is 16.7. The van der Waals surface area contributed by atoms with Crippen molar-refractivity contribution in [3.63, 3.8) is 0 Å². The first-order valence-electron chi connectivity index (χ1n) is 10.8. The maximum absolute atomic E-state index is 13.0. The number of nitrogens with zero attached hydrogens (tertiary/aromatic N) is 3. The molecule has 0 aliphatic carbocycles. The number of hydrogen-bond donors (Lipinski definition) is 1. The number of rotatable bonds is 3. The molecule has 0 unspecified atom stereocenters. The van der Waals surface area contributed by atoms with E-state index in [-0.39, 0.29) is 17.0 Å². The molecule has 4 atom stereocenters. The summed E-state index contributed by atoms with van der Waals surface area (Å²) in [4.78, 5) is 36.1. The molecule has 2 aromatic rings. The van der Waals surface area contributed by atoms with Gasteiger partial charge < -0.3 is 9.88 Å². The number of benzene rings is 1. The summed E-state index contributed by atoms with van der Waals surface area (Å²) in [5.74, 6) is 0.820. The lowest BCUT2D eigenvalue weighted by atomic mass is 9.74. The smallest absolute Gasteiger partial charge is 0.263 e. The molecule has 29 heavy (non-hydrogen) atoms. The molecular weight excluding hydrogens is 364 g/mol. The van der Waals surface area contributed by atoms with Gasteiger partial charge in [0.15, 0.2) is 0 Å². The number of carbonyl (C=O) groups is 1. The summed E-state index contributed by atoms with van der Waals surface area (Å²) in [6.07, 6.45) is 8.79. The second-order valence-electron chi connectivity index (χ2n) is 8.90. The van der Waals surface area contributed by atoms with Crippen LogP contribution in [0.3, 0.4) is 0 Å². The number of aromatic amines is 1. The Bertz CT molecular complexity index is 928. The van der Waals surface area contributed by atoms with Gasteiger partial charge in [-0.2, -0.15) is 0 Å². The number of likely N-dealkylation sites (tertiary alicyclic amines) is 1. The molecule has 5 rings (SSSR count). The van der Waals surface area contributed by atoms with E-state index in [4.69, 9.17) is 0 Å². The van der Waals surface area contributed by atoms with Crippen LogP contribution in [0.5, 0.6) is 0 Å². The number of amides is 1. The van der Waals surface area contributed by atoms with Gasteiger partial charge in [-0.05, 0) is 43.1 Å². The maximum atomic E-state index is 13.0. The molecule has 0 saturated carbocycles. The van der Waals surface area contributed by atoms with Crippen molar-refractivity contribution in [1.82, 2.24) is 19.8 Å². The van der Waals surface area contributed by atoms with E-state index in [1.807, 2.05) is 4.90 Å². The SMILES string of the molecule is O=C(c1cnc[nH]c1=O)N1C[C@@H]2C[C@H](C1)[C@@H]1CCC[C@H](Cc3ccccc3)N1C2. The van der Waals surface area contributed by atoms with Gasteiger partial charge >= 0.3 is 0 Å². The Morgan fingerprint density at radius 2 is 2.00 bits per heavy atom. The molecule has 6 heteroatoms. The van der Waals surface area contributed by atoms with Crippen LogP contribution < -0.4 is 5.56 Å². The highest BCUT2D eigenvalue weighted by Gasteiger charge is 2.45. The monoisotopic (exact) mass is 392 g/mol. The summed E-state index contributed by atoms with van der Waals surface area (Å²) in [6, 6.07) is 12.0. The molecule has 0 spiro atoms. The molecule has 2 bridgehead atoms. The average molecular weight is 393 g/mol.